The fourth-order valence-electron chi connectivity index (χ4n) is 19.2. The Morgan fingerprint density at radius 1 is 0.175 bits per heavy atom. The minimum Gasteiger partial charge on any atom is -0.208 e. The lowest BCUT2D eigenvalue weighted by molar-refractivity contribution is 0.443. The van der Waals surface area contributed by atoms with E-state index in [4.69, 9.17) is 66.7 Å². The number of rotatable bonds is 16. The maximum atomic E-state index is 8.45. The average molecular weight is 1760 g/mol. The van der Waals surface area contributed by atoms with Crippen LogP contribution in [0.2, 0.25) is 0 Å². The van der Waals surface area contributed by atoms with E-state index in [2.05, 4.69) is 194 Å². The third-order valence-corrected chi connectivity index (χ3v) is 25.9. The van der Waals surface area contributed by atoms with Crippen LogP contribution in [0.1, 0.15) is 72.7 Å². The van der Waals surface area contributed by atoms with Gasteiger partial charge in [-0.1, -0.05) is 450 Å². The van der Waals surface area contributed by atoms with E-state index in [-0.39, 0.29) is 35.1 Å². The summed E-state index contributed by atoms with van der Waals surface area (Å²) in [4.78, 5) is 59.5. The summed E-state index contributed by atoms with van der Waals surface area (Å²) in [6, 6.07) is 147. The molecule has 0 atom stereocenters. The molecule has 4 heterocycles. The van der Waals surface area contributed by atoms with E-state index < -0.39 is 6.04 Å². The molecule has 137 heavy (non-hydrogen) atoms. The predicted molar refractivity (Wildman–Crippen MR) is 554 cm³/mol. The first-order valence-electron chi connectivity index (χ1n) is 48.8. The quantitative estimate of drug-likeness (QED) is 0.0904. The highest BCUT2D eigenvalue weighted by molar-refractivity contribution is 5.97. The minimum absolute atomic E-state index is 0.145. The summed E-state index contributed by atoms with van der Waals surface area (Å²) in [5.74, 6) is 7.81. The van der Waals surface area contributed by atoms with Gasteiger partial charge in [-0.3, -0.25) is 0 Å². The van der Waals surface area contributed by atoms with Crippen LogP contribution in [0.5, 0.6) is 0 Å². The normalized spacial score (nSPS) is 13.1. The Bertz CT molecular complexity index is 8090. The number of nitrogens with zero attached hydrogens (tertiary/aromatic N) is 12. The first kappa shape index (κ1) is 78.0. The van der Waals surface area contributed by atoms with Gasteiger partial charge in [-0.25, -0.2) is 59.8 Å². The Morgan fingerprint density at radius 2 is 0.438 bits per heavy atom. The molecule has 25 rings (SSSR count). The average Bonchev–Trinajstić information content (AvgIpc) is 1.51. The zero-order valence-electron chi connectivity index (χ0n) is 79.5. The predicted octanol–water partition coefficient (Wildman–Crippen LogP) is 30.3. The summed E-state index contributed by atoms with van der Waals surface area (Å²) in [5.41, 5.74) is 27.1. The zero-order chi connectivity index (χ0) is 95.6. The monoisotopic (exact) mass is 1760 g/mol. The van der Waals surface area contributed by atoms with Gasteiger partial charge in [0.2, 0.25) is 0 Å². The number of hydrogen-bond acceptors (Lipinski definition) is 12. The van der Waals surface area contributed by atoms with Crippen molar-refractivity contribution in [3.05, 3.63) is 495 Å². The Labute approximate surface area is 802 Å². The van der Waals surface area contributed by atoms with Crippen molar-refractivity contribution in [3.8, 4) is 192 Å². The van der Waals surface area contributed by atoms with Gasteiger partial charge in [0.05, 0.1) is 12.3 Å². The van der Waals surface area contributed by atoms with Crippen LogP contribution < -0.4 is 0 Å². The van der Waals surface area contributed by atoms with Gasteiger partial charge in [-0.05, 0) is 149 Å². The number of hydrogen-bond donors (Lipinski definition) is 0. The molecule has 18 aromatic carbocycles. The van der Waals surface area contributed by atoms with Gasteiger partial charge in [-0.15, -0.1) is 0 Å². The van der Waals surface area contributed by atoms with Crippen molar-refractivity contribution in [2.75, 3.05) is 0 Å². The molecule has 0 N–H and O–H groups in total. The molecule has 12 heteroatoms. The van der Waals surface area contributed by atoms with E-state index in [9.17, 15) is 0 Å². The molecule has 4 aromatic heterocycles. The maximum absolute atomic E-state index is 8.45. The Balaban J connectivity index is 0.000000119. The SMILES string of the molecule is [2H]c1c([2H])c([2H])c(-c2ccc(-c3nc(-c4cc(-c5ccccc5)cc(-c5ccccc5)c4)nc(-c4ccc5ccccc5c4)n3)cc2)c([2H])c1[2H].c1ccc(-c2nc(-c3ccc(C4CCCCC4)cc3)nc(-c3ccc4c(c3)-c3ccccc3C43c4ccccc4-c4ccccc43)n2)cc1.c1ccc(-c2nc(-c3ccccc3)nc(-c3cccc(-c4nc(-c5ccccc5)nc(-c5ccccc5)n4)c3)n2)cc1. The second kappa shape index (κ2) is 37.5. The zero-order valence-corrected chi connectivity index (χ0v) is 74.5. The molecular formula is C125H88N12. The maximum Gasteiger partial charge on any atom is 0.164 e. The summed E-state index contributed by atoms with van der Waals surface area (Å²) in [6.07, 6.45) is 6.59. The van der Waals surface area contributed by atoms with Crippen LogP contribution in [0, 0.1) is 0 Å². The Kier molecular flexibility index (Phi) is 21.3. The molecule has 12 nitrogen and oxygen atoms in total. The van der Waals surface area contributed by atoms with Gasteiger partial charge in [0.1, 0.15) is 0 Å². The van der Waals surface area contributed by atoms with Crippen molar-refractivity contribution in [1.29, 1.82) is 0 Å². The third-order valence-electron chi connectivity index (χ3n) is 25.9. The van der Waals surface area contributed by atoms with E-state index in [1.165, 1.54) is 82.2 Å². The van der Waals surface area contributed by atoms with Gasteiger partial charge in [0, 0.05) is 66.8 Å². The molecule has 3 aliphatic rings. The van der Waals surface area contributed by atoms with Crippen LogP contribution in [0.4, 0.5) is 0 Å². The summed E-state index contributed by atoms with van der Waals surface area (Å²) < 4.78 is 41.1. The molecule has 0 bridgehead atoms. The molecule has 0 aliphatic heterocycles. The molecule has 0 amide bonds. The highest BCUT2D eigenvalue weighted by atomic mass is 15.1. The van der Waals surface area contributed by atoms with Crippen LogP contribution in [-0.2, 0) is 5.41 Å². The fourth-order valence-corrected chi connectivity index (χ4v) is 19.2. The van der Waals surface area contributed by atoms with Crippen molar-refractivity contribution in [3.63, 3.8) is 0 Å². The van der Waals surface area contributed by atoms with Gasteiger partial charge < -0.3 is 0 Å². The molecule has 22 aromatic rings. The van der Waals surface area contributed by atoms with Crippen molar-refractivity contribution in [1.82, 2.24) is 59.8 Å². The van der Waals surface area contributed by atoms with Crippen molar-refractivity contribution < 1.29 is 6.85 Å². The Morgan fingerprint density at radius 3 is 0.847 bits per heavy atom. The van der Waals surface area contributed by atoms with E-state index >= 15 is 0 Å². The lowest BCUT2D eigenvalue weighted by Gasteiger charge is -2.30. The number of aromatic nitrogens is 12. The number of fused-ring (bicyclic) bond motifs is 11. The Hall–Kier alpha value is -17.7. The molecule has 0 saturated heterocycles. The molecule has 1 spiro atoms. The van der Waals surface area contributed by atoms with Crippen LogP contribution in [0.15, 0.2) is 467 Å². The van der Waals surface area contributed by atoms with Crippen LogP contribution in [-0.4, -0.2) is 59.8 Å². The summed E-state index contributed by atoms with van der Waals surface area (Å²) in [7, 11) is 0. The standard InChI is InChI=1S/C46H35N3.C43H29N3.C36H24N6/c1-3-13-30(14-4-1)31-23-25-33(26-24-31)44-47-43(32-15-5-2-6-16-32)48-45(49-44)34-27-28-42-38(29-34)37-19-9-12-22-41(37)46(42)39-20-10-7-17-35(39)36-18-8-11-21-40(36)46;1-4-12-30(13-5-1)34-20-23-35(24-21-34)41-44-42(37-25-22-33-18-10-11-19-36(33)26-37)46-43(45-41)40-28-38(31-14-6-2-7-15-31)27-39(29-40)32-16-8-3-9-17-32;1-5-14-25(15-6-1)31-37-32(26-16-7-2-8-17-26)40-35(39-31)29-22-13-23-30(24-29)36-41-33(27-18-9-3-10-19-27)38-34(42-36)28-20-11-4-12-21-28/h2,5-12,15-30H,1,3-4,13-14H2;1-29H;1-24H/i;1D,4D,5D,12D,13D;. The topological polar surface area (TPSA) is 155 Å². The van der Waals surface area contributed by atoms with E-state index in [0.717, 1.165) is 94.2 Å². The second-order valence-electron chi connectivity index (χ2n) is 34.4. The molecule has 1 saturated carbocycles. The molecule has 0 radical (unpaired) electrons. The molecule has 3 aliphatic carbocycles. The van der Waals surface area contributed by atoms with Crippen molar-refractivity contribution in [2.45, 2.75) is 43.4 Å². The molecule has 1 fully saturated rings. The van der Waals surface area contributed by atoms with E-state index in [1.54, 1.807) is 12.1 Å². The lowest BCUT2D eigenvalue weighted by Crippen LogP contribution is -2.25. The van der Waals surface area contributed by atoms with E-state index in [1.807, 2.05) is 231 Å². The van der Waals surface area contributed by atoms with Crippen molar-refractivity contribution in [2.24, 2.45) is 0 Å². The second-order valence-corrected chi connectivity index (χ2v) is 34.4. The first-order chi connectivity index (χ1) is 69.9. The highest BCUT2D eigenvalue weighted by Crippen LogP contribution is 2.63. The first-order valence-corrected chi connectivity index (χ1v) is 46.3. The fraction of sp³-hybridized carbons (Fsp3) is 0.0560. The van der Waals surface area contributed by atoms with Crippen molar-refractivity contribution >= 4 is 10.8 Å². The lowest BCUT2D eigenvalue weighted by atomic mass is 9.70. The smallest absolute Gasteiger partial charge is 0.164 e. The van der Waals surface area contributed by atoms with Crippen LogP contribution in [0.25, 0.3) is 203 Å². The molecule has 0 unspecified atom stereocenters. The van der Waals surface area contributed by atoms with Crippen LogP contribution >= 0.6 is 0 Å². The van der Waals surface area contributed by atoms with Crippen LogP contribution in [0.3, 0.4) is 0 Å². The number of benzene rings is 18. The summed E-state index contributed by atoms with van der Waals surface area (Å²) >= 11 is 0. The highest BCUT2D eigenvalue weighted by Gasteiger charge is 2.51. The van der Waals surface area contributed by atoms with Gasteiger partial charge in [-0.2, -0.15) is 0 Å². The summed E-state index contributed by atoms with van der Waals surface area (Å²) in [5, 5.41) is 2.18. The summed E-state index contributed by atoms with van der Waals surface area (Å²) in [6.45, 7) is 0. The van der Waals surface area contributed by atoms with Gasteiger partial charge in [0.15, 0.2) is 69.9 Å². The molecular weight excluding hydrogens is 1670 g/mol. The molecule has 648 valence electrons. The van der Waals surface area contributed by atoms with E-state index in [0.29, 0.717) is 86.9 Å². The van der Waals surface area contributed by atoms with Gasteiger partial charge in [0.25, 0.3) is 0 Å². The van der Waals surface area contributed by atoms with Gasteiger partial charge >= 0.3 is 0 Å². The third kappa shape index (κ3) is 17.0. The minimum atomic E-state index is -0.420. The largest absolute Gasteiger partial charge is 0.208 e.